The molecule has 0 saturated heterocycles. The number of Topliss-reactive ketones (excluding diaryl/α,β-unsaturated/α-hetero) is 1. The van der Waals surface area contributed by atoms with Crippen molar-refractivity contribution in [2.45, 2.75) is 26.2 Å². The van der Waals surface area contributed by atoms with Crippen LogP contribution in [0.25, 0.3) is 5.69 Å². The van der Waals surface area contributed by atoms with Crippen LogP contribution in [0.15, 0.2) is 39.5 Å². The SMILES string of the molecule is CC(=O)[C@H]1CCc2oc(=O)n(-c3ccccc3)c2C1. The van der Waals surface area contributed by atoms with Crippen molar-refractivity contribution in [1.82, 2.24) is 4.57 Å². The summed E-state index contributed by atoms with van der Waals surface area (Å²) in [6.07, 6.45) is 2.02. The summed E-state index contributed by atoms with van der Waals surface area (Å²) in [5.41, 5.74) is 1.64. The Bertz CT molecular complexity index is 666. The van der Waals surface area contributed by atoms with Gasteiger partial charge in [-0.25, -0.2) is 9.36 Å². The molecule has 1 atom stereocenters. The molecule has 2 aromatic rings. The number of nitrogens with zero attached hydrogens (tertiary/aromatic N) is 1. The molecule has 1 heterocycles. The van der Waals surface area contributed by atoms with Gasteiger partial charge in [0.05, 0.1) is 11.4 Å². The van der Waals surface area contributed by atoms with E-state index in [0.29, 0.717) is 12.8 Å². The predicted molar refractivity (Wildman–Crippen MR) is 70.5 cm³/mol. The highest BCUT2D eigenvalue weighted by Gasteiger charge is 2.28. The third-order valence-corrected chi connectivity index (χ3v) is 3.73. The summed E-state index contributed by atoms with van der Waals surface area (Å²) in [6, 6.07) is 9.40. The number of aromatic nitrogens is 1. The quantitative estimate of drug-likeness (QED) is 0.828. The van der Waals surface area contributed by atoms with E-state index < -0.39 is 0 Å². The average molecular weight is 257 g/mol. The molecule has 0 bridgehead atoms. The molecule has 0 amide bonds. The molecule has 98 valence electrons. The maximum absolute atomic E-state index is 12.0. The molecule has 0 unspecified atom stereocenters. The lowest BCUT2D eigenvalue weighted by molar-refractivity contribution is -0.121. The summed E-state index contributed by atoms with van der Waals surface area (Å²) >= 11 is 0. The van der Waals surface area contributed by atoms with E-state index in [2.05, 4.69) is 0 Å². The Morgan fingerprint density at radius 1 is 1.32 bits per heavy atom. The molecule has 1 aromatic carbocycles. The summed E-state index contributed by atoms with van der Waals surface area (Å²) in [6.45, 7) is 1.61. The van der Waals surface area contributed by atoms with Crippen molar-refractivity contribution in [1.29, 1.82) is 0 Å². The number of benzene rings is 1. The Labute approximate surface area is 110 Å². The van der Waals surface area contributed by atoms with Crippen molar-refractivity contribution >= 4 is 5.78 Å². The van der Waals surface area contributed by atoms with E-state index in [1.54, 1.807) is 11.5 Å². The van der Waals surface area contributed by atoms with Crippen LogP contribution in [-0.4, -0.2) is 10.4 Å². The van der Waals surface area contributed by atoms with Crippen molar-refractivity contribution in [2.75, 3.05) is 0 Å². The smallest absolute Gasteiger partial charge is 0.412 e. The highest BCUT2D eigenvalue weighted by molar-refractivity contribution is 5.78. The van der Waals surface area contributed by atoms with E-state index in [0.717, 1.165) is 23.6 Å². The summed E-state index contributed by atoms with van der Waals surface area (Å²) in [5, 5.41) is 0. The number of carbonyl (C=O) groups excluding carboxylic acids is 1. The van der Waals surface area contributed by atoms with Crippen LogP contribution in [0.2, 0.25) is 0 Å². The number of rotatable bonds is 2. The Kier molecular flexibility index (Phi) is 2.85. The molecule has 1 aliphatic rings. The number of ketones is 1. The molecule has 1 aliphatic carbocycles. The third-order valence-electron chi connectivity index (χ3n) is 3.73. The van der Waals surface area contributed by atoms with Gasteiger partial charge in [0.2, 0.25) is 0 Å². The van der Waals surface area contributed by atoms with Gasteiger partial charge in [-0.05, 0) is 25.5 Å². The number of hydrogen-bond donors (Lipinski definition) is 0. The first kappa shape index (κ1) is 12.0. The largest absolute Gasteiger partial charge is 0.424 e. The van der Waals surface area contributed by atoms with Gasteiger partial charge in [-0.2, -0.15) is 0 Å². The van der Waals surface area contributed by atoms with Gasteiger partial charge in [-0.15, -0.1) is 0 Å². The van der Waals surface area contributed by atoms with Crippen molar-refractivity contribution in [3.8, 4) is 5.69 Å². The van der Waals surface area contributed by atoms with E-state index in [1.165, 1.54) is 0 Å². The van der Waals surface area contributed by atoms with Crippen LogP contribution in [0.5, 0.6) is 0 Å². The maximum Gasteiger partial charge on any atom is 0.424 e. The second kappa shape index (κ2) is 4.53. The molecule has 0 saturated carbocycles. The molecule has 1 aromatic heterocycles. The van der Waals surface area contributed by atoms with E-state index in [4.69, 9.17) is 4.42 Å². The van der Waals surface area contributed by atoms with Crippen LogP contribution in [0, 0.1) is 5.92 Å². The monoisotopic (exact) mass is 257 g/mol. The van der Waals surface area contributed by atoms with Gasteiger partial charge in [-0.1, -0.05) is 18.2 Å². The second-order valence-corrected chi connectivity index (χ2v) is 4.96. The Hall–Kier alpha value is -2.10. The molecule has 0 radical (unpaired) electrons. The van der Waals surface area contributed by atoms with Crippen LogP contribution >= 0.6 is 0 Å². The summed E-state index contributed by atoms with van der Waals surface area (Å²) in [7, 11) is 0. The molecule has 4 heteroatoms. The van der Waals surface area contributed by atoms with Gasteiger partial charge in [0.25, 0.3) is 0 Å². The molecule has 3 rings (SSSR count). The maximum atomic E-state index is 12.0. The van der Waals surface area contributed by atoms with E-state index >= 15 is 0 Å². The number of fused-ring (bicyclic) bond motifs is 1. The van der Waals surface area contributed by atoms with Crippen molar-refractivity contribution in [2.24, 2.45) is 5.92 Å². The van der Waals surface area contributed by atoms with Gasteiger partial charge in [0.15, 0.2) is 0 Å². The third kappa shape index (κ3) is 2.03. The van der Waals surface area contributed by atoms with Crippen molar-refractivity contribution in [3.63, 3.8) is 0 Å². The highest BCUT2D eigenvalue weighted by Crippen LogP contribution is 2.27. The summed E-state index contributed by atoms with van der Waals surface area (Å²) < 4.78 is 6.90. The van der Waals surface area contributed by atoms with Crippen molar-refractivity contribution < 1.29 is 9.21 Å². The molecule has 19 heavy (non-hydrogen) atoms. The fraction of sp³-hybridized carbons (Fsp3) is 0.333. The molecule has 0 N–H and O–H groups in total. The van der Waals surface area contributed by atoms with E-state index in [-0.39, 0.29) is 17.5 Å². The predicted octanol–water partition coefficient (Wildman–Crippen LogP) is 2.12. The number of oxazole rings is 1. The zero-order valence-electron chi connectivity index (χ0n) is 10.8. The minimum Gasteiger partial charge on any atom is -0.412 e. The number of hydrogen-bond acceptors (Lipinski definition) is 3. The van der Waals surface area contributed by atoms with E-state index in [1.807, 2.05) is 30.3 Å². The lowest BCUT2D eigenvalue weighted by Crippen LogP contribution is -2.23. The summed E-state index contributed by atoms with van der Waals surface area (Å²) in [5.74, 6) is 0.546. The van der Waals surface area contributed by atoms with Crippen LogP contribution in [0.3, 0.4) is 0 Å². The van der Waals surface area contributed by atoms with Crippen LogP contribution in [-0.2, 0) is 17.6 Å². The van der Waals surface area contributed by atoms with Gasteiger partial charge >= 0.3 is 5.76 Å². The average Bonchev–Trinajstić information content (AvgIpc) is 2.74. The fourth-order valence-electron chi connectivity index (χ4n) is 2.67. The molecule has 4 nitrogen and oxygen atoms in total. The zero-order valence-corrected chi connectivity index (χ0v) is 10.8. The molecular weight excluding hydrogens is 242 g/mol. The van der Waals surface area contributed by atoms with Gasteiger partial charge < -0.3 is 4.42 Å². The zero-order chi connectivity index (χ0) is 13.4. The Morgan fingerprint density at radius 3 is 2.74 bits per heavy atom. The minimum atomic E-state index is -0.361. The van der Waals surface area contributed by atoms with Crippen LogP contribution in [0.4, 0.5) is 0 Å². The molecule has 0 spiro atoms. The first-order valence-corrected chi connectivity index (χ1v) is 6.46. The number of para-hydroxylation sites is 1. The number of aryl methyl sites for hydroxylation is 1. The molecule has 0 fully saturated rings. The Balaban J connectivity index is 2.10. The minimum absolute atomic E-state index is 0.000498. The van der Waals surface area contributed by atoms with E-state index in [9.17, 15) is 9.59 Å². The highest BCUT2D eigenvalue weighted by atomic mass is 16.4. The molecular formula is C15H15NO3. The van der Waals surface area contributed by atoms with Gasteiger partial charge in [0.1, 0.15) is 11.5 Å². The van der Waals surface area contributed by atoms with Gasteiger partial charge in [-0.3, -0.25) is 4.79 Å². The number of carbonyl (C=O) groups is 1. The fourth-order valence-corrected chi connectivity index (χ4v) is 2.67. The lowest BCUT2D eigenvalue weighted by Gasteiger charge is -2.19. The normalized spacial score (nSPS) is 18.1. The van der Waals surface area contributed by atoms with Crippen molar-refractivity contribution in [3.05, 3.63) is 52.3 Å². The summed E-state index contributed by atoms with van der Waals surface area (Å²) in [4.78, 5) is 23.5. The van der Waals surface area contributed by atoms with Crippen LogP contribution in [0.1, 0.15) is 24.8 Å². The first-order chi connectivity index (χ1) is 9.16. The standard InChI is InChI=1S/C15H15NO3/c1-10(17)11-7-8-14-13(9-11)16(15(18)19-14)12-5-3-2-4-6-12/h2-6,11H,7-9H2,1H3/t11-/m0/s1. The molecule has 0 aliphatic heterocycles. The van der Waals surface area contributed by atoms with Gasteiger partial charge in [0, 0.05) is 18.8 Å². The second-order valence-electron chi connectivity index (χ2n) is 4.96. The first-order valence-electron chi connectivity index (χ1n) is 6.46. The topological polar surface area (TPSA) is 52.2 Å². The lowest BCUT2D eigenvalue weighted by atomic mass is 9.87. The Morgan fingerprint density at radius 2 is 2.05 bits per heavy atom. The van der Waals surface area contributed by atoms with Crippen LogP contribution < -0.4 is 5.76 Å².